The normalized spacial score (nSPS) is 16.6. The van der Waals surface area contributed by atoms with Crippen molar-refractivity contribution < 1.29 is 14.3 Å². The second-order valence-electron chi connectivity index (χ2n) is 6.67. The standard InChI is InChI=1S/C20H24N4O3/c1-23(12-15-6-3-4-9-21-15)14-19(25)22-16-10-20(26)24(13-16)17-7-5-8-18(11-17)27-2/h3-9,11,16H,10,12-14H2,1-2H3,(H,22,25)/t16-/m1/s1. The first-order valence-corrected chi connectivity index (χ1v) is 8.87. The molecule has 1 fully saturated rings. The Balaban J connectivity index is 1.52. The molecule has 1 aromatic heterocycles. The van der Waals surface area contributed by atoms with Gasteiger partial charge >= 0.3 is 0 Å². The lowest BCUT2D eigenvalue weighted by molar-refractivity contribution is -0.122. The molecule has 0 spiro atoms. The minimum atomic E-state index is -0.195. The number of ether oxygens (including phenoxy) is 1. The zero-order valence-electron chi connectivity index (χ0n) is 15.6. The lowest BCUT2D eigenvalue weighted by Crippen LogP contribution is -2.42. The number of likely N-dealkylation sites (N-methyl/N-ethyl adjacent to an activating group) is 1. The molecule has 7 heteroatoms. The third-order valence-corrected chi connectivity index (χ3v) is 4.43. The minimum absolute atomic E-state index is 0.00427. The first-order chi connectivity index (χ1) is 13.0. The van der Waals surface area contributed by atoms with Gasteiger partial charge in [0.05, 0.1) is 25.4 Å². The number of anilines is 1. The summed E-state index contributed by atoms with van der Waals surface area (Å²) < 4.78 is 5.22. The Morgan fingerprint density at radius 3 is 2.93 bits per heavy atom. The van der Waals surface area contributed by atoms with Crippen molar-refractivity contribution in [2.75, 3.05) is 32.1 Å². The van der Waals surface area contributed by atoms with Gasteiger partial charge in [-0.25, -0.2) is 0 Å². The Morgan fingerprint density at radius 2 is 2.19 bits per heavy atom. The summed E-state index contributed by atoms with van der Waals surface area (Å²) in [5.74, 6) is 0.595. The van der Waals surface area contributed by atoms with Crippen LogP contribution in [0.3, 0.4) is 0 Å². The number of nitrogens with zero attached hydrogens (tertiary/aromatic N) is 3. The molecule has 1 aliphatic rings. The van der Waals surface area contributed by atoms with E-state index in [0.717, 1.165) is 11.4 Å². The first kappa shape index (κ1) is 18.8. The van der Waals surface area contributed by atoms with Crippen molar-refractivity contribution in [1.82, 2.24) is 15.2 Å². The van der Waals surface area contributed by atoms with Crippen molar-refractivity contribution in [3.05, 3.63) is 54.4 Å². The van der Waals surface area contributed by atoms with E-state index in [1.165, 1.54) is 0 Å². The molecule has 0 unspecified atom stereocenters. The Hall–Kier alpha value is -2.93. The SMILES string of the molecule is COc1cccc(N2C[C@H](NC(=O)CN(C)Cc3ccccn3)CC2=O)c1. The fourth-order valence-corrected chi connectivity index (χ4v) is 3.17. The molecule has 0 radical (unpaired) electrons. The lowest BCUT2D eigenvalue weighted by atomic mass is 10.2. The highest BCUT2D eigenvalue weighted by molar-refractivity contribution is 5.97. The third-order valence-electron chi connectivity index (χ3n) is 4.43. The van der Waals surface area contributed by atoms with Gasteiger partial charge in [-0.1, -0.05) is 12.1 Å². The highest BCUT2D eigenvalue weighted by atomic mass is 16.5. The second-order valence-corrected chi connectivity index (χ2v) is 6.67. The van der Waals surface area contributed by atoms with Crippen molar-refractivity contribution in [3.63, 3.8) is 0 Å². The number of nitrogens with one attached hydrogen (secondary N) is 1. The number of rotatable bonds is 7. The van der Waals surface area contributed by atoms with Gasteiger partial charge in [-0.2, -0.15) is 0 Å². The van der Waals surface area contributed by atoms with Crippen LogP contribution in [0.2, 0.25) is 0 Å². The van der Waals surface area contributed by atoms with Gasteiger partial charge < -0.3 is 15.0 Å². The van der Waals surface area contributed by atoms with E-state index in [1.807, 2.05) is 54.4 Å². The number of hydrogen-bond acceptors (Lipinski definition) is 5. The van der Waals surface area contributed by atoms with Crippen LogP contribution in [0.5, 0.6) is 5.75 Å². The van der Waals surface area contributed by atoms with Crippen LogP contribution >= 0.6 is 0 Å². The molecule has 2 amide bonds. The number of benzene rings is 1. The van der Waals surface area contributed by atoms with E-state index in [2.05, 4.69) is 10.3 Å². The van der Waals surface area contributed by atoms with Crippen LogP contribution in [0.25, 0.3) is 0 Å². The molecule has 1 aromatic carbocycles. The van der Waals surface area contributed by atoms with Crippen LogP contribution < -0.4 is 15.0 Å². The van der Waals surface area contributed by atoms with Gasteiger partial charge in [0.15, 0.2) is 0 Å². The van der Waals surface area contributed by atoms with Crippen LogP contribution in [0, 0.1) is 0 Å². The average molecular weight is 368 g/mol. The zero-order chi connectivity index (χ0) is 19.2. The average Bonchev–Trinajstić information content (AvgIpc) is 3.02. The third kappa shape index (κ3) is 5.04. The topological polar surface area (TPSA) is 74.8 Å². The Bertz CT molecular complexity index is 797. The molecule has 0 bridgehead atoms. The monoisotopic (exact) mass is 368 g/mol. The highest BCUT2D eigenvalue weighted by Gasteiger charge is 2.31. The van der Waals surface area contributed by atoms with Gasteiger partial charge in [0.2, 0.25) is 11.8 Å². The predicted octanol–water partition coefficient (Wildman–Crippen LogP) is 1.44. The van der Waals surface area contributed by atoms with Gasteiger partial charge in [0.1, 0.15) is 5.75 Å². The molecule has 2 aromatic rings. The molecule has 3 rings (SSSR count). The molecule has 1 atom stereocenters. The summed E-state index contributed by atoms with van der Waals surface area (Å²) in [6.07, 6.45) is 2.04. The highest BCUT2D eigenvalue weighted by Crippen LogP contribution is 2.25. The molecular formula is C20H24N4O3. The predicted molar refractivity (Wildman–Crippen MR) is 102 cm³/mol. The molecule has 7 nitrogen and oxygen atoms in total. The summed E-state index contributed by atoms with van der Waals surface area (Å²) in [5.41, 5.74) is 1.69. The molecule has 0 saturated carbocycles. The van der Waals surface area contributed by atoms with Gasteiger partial charge in [-0.05, 0) is 31.3 Å². The van der Waals surface area contributed by atoms with Gasteiger partial charge in [-0.15, -0.1) is 0 Å². The minimum Gasteiger partial charge on any atom is -0.497 e. The first-order valence-electron chi connectivity index (χ1n) is 8.87. The molecule has 2 heterocycles. The van der Waals surface area contributed by atoms with Crippen LogP contribution in [-0.2, 0) is 16.1 Å². The maximum Gasteiger partial charge on any atom is 0.234 e. The molecule has 1 saturated heterocycles. The second kappa shape index (κ2) is 8.64. The van der Waals surface area contributed by atoms with Crippen molar-refractivity contribution in [2.24, 2.45) is 0 Å². The van der Waals surface area contributed by atoms with E-state index >= 15 is 0 Å². The summed E-state index contributed by atoms with van der Waals surface area (Å²) in [5, 5.41) is 2.96. The largest absolute Gasteiger partial charge is 0.497 e. The summed E-state index contributed by atoms with van der Waals surface area (Å²) >= 11 is 0. The van der Waals surface area contributed by atoms with Crippen LogP contribution in [-0.4, -0.2) is 55.0 Å². The summed E-state index contributed by atoms with van der Waals surface area (Å²) in [6.45, 7) is 1.30. The molecule has 0 aliphatic carbocycles. The van der Waals surface area contributed by atoms with Crippen molar-refractivity contribution >= 4 is 17.5 Å². The fraction of sp³-hybridized carbons (Fsp3) is 0.350. The lowest BCUT2D eigenvalue weighted by Gasteiger charge is -2.19. The van der Waals surface area contributed by atoms with E-state index in [1.54, 1.807) is 18.2 Å². The number of aromatic nitrogens is 1. The van der Waals surface area contributed by atoms with E-state index in [0.29, 0.717) is 25.3 Å². The van der Waals surface area contributed by atoms with Gasteiger partial charge in [0, 0.05) is 37.5 Å². The van der Waals surface area contributed by atoms with Crippen LogP contribution in [0.1, 0.15) is 12.1 Å². The van der Waals surface area contributed by atoms with E-state index in [4.69, 9.17) is 4.74 Å². The fourth-order valence-electron chi connectivity index (χ4n) is 3.17. The van der Waals surface area contributed by atoms with Gasteiger partial charge in [0.25, 0.3) is 0 Å². The Kier molecular flexibility index (Phi) is 6.03. The Morgan fingerprint density at radius 1 is 1.33 bits per heavy atom. The zero-order valence-corrected chi connectivity index (χ0v) is 15.6. The maximum absolute atomic E-state index is 12.3. The number of methoxy groups -OCH3 is 1. The van der Waals surface area contributed by atoms with E-state index < -0.39 is 0 Å². The Labute approximate surface area is 158 Å². The van der Waals surface area contributed by atoms with Crippen LogP contribution in [0.4, 0.5) is 5.69 Å². The van der Waals surface area contributed by atoms with Crippen molar-refractivity contribution in [3.8, 4) is 5.75 Å². The summed E-state index contributed by atoms with van der Waals surface area (Å²) in [4.78, 5) is 32.5. The number of pyridine rings is 1. The number of carbonyl (C=O) groups is 2. The molecule has 142 valence electrons. The quantitative estimate of drug-likeness (QED) is 0.801. The number of amides is 2. The molecule has 1 aliphatic heterocycles. The molecule has 1 N–H and O–H groups in total. The van der Waals surface area contributed by atoms with E-state index in [9.17, 15) is 9.59 Å². The number of hydrogen-bond donors (Lipinski definition) is 1. The van der Waals surface area contributed by atoms with Crippen LogP contribution in [0.15, 0.2) is 48.7 Å². The number of carbonyl (C=O) groups excluding carboxylic acids is 2. The van der Waals surface area contributed by atoms with E-state index in [-0.39, 0.29) is 24.4 Å². The van der Waals surface area contributed by atoms with Crippen molar-refractivity contribution in [1.29, 1.82) is 0 Å². The summed E-state index contributed by atoms with van der Waals surface area (Å²) in [7, 11) is 3.46. The summed E-state index contributed by atoms with van der Waals surface area (Å²) in [6, 6.07) is 12.9. The smallest absolute Gasteiger partial charge is 0.234 e. The molecular weight excluding hydrogens is 344 g/mol. The maximum atomic E-state index is 12.3. The molecule has 27 heavy (non-hydrogen) atoms. The van der Waals surface area contributed by atoms with Gasteiger partial charge in [-0.3, -0.25) is 19.5 Å². The van der Waals surface area contributed by atoms with Crippen molar-refractivity contribution in [2.45, 2.75) is 19.0 Å².